The lowest BCUT2D eigenvalue weighted by molar-refractivity contribution is -0.128. The number of ether oxygens (including phenoxy) is 1. The number of carbonyl (C=O) groups excluding carboxylic acids is 3. The SMILES string of the molecule is CC12CCC(C/C1=N/NC(=O)COC(=O)c1ccc(CN3CCCC3=O)cc1)C2(C)C. The van der Waals surface area contributed by atoms with Gasteiger partial charge >= 0.3 is 5.97 Å². The Kier molecular flexibility index (Phi) is 5.62. The second kappa shape index (κ2) is 8.09. The normalized spacial score (nSPS) is 27.7. The number of nitrogens with zero attached hydrogens (tertiary/aromatic N) is 2. The fourth-order valence-electron chi connectivity index (χ4n) is 5.31. The summed E-state index contributed by atoms with van der Waals surface area (Å²) >= 11 is 0. The molecule has 2 unspecified atom stereocenters. The van der Waals surface area contributed by atoms with Gasteiger partial charge in [0.1, 0.15) is 0 Å². The van der Waals surface area contributed by atoms with Gasteiger partial charge in [-0.3, -0.25) is 9.59 Å². The van der Waals surface area contributed by atoms with Gasteiger partial charge in [0.25, 0.3) is 5.91 Å². The molecule has 3 fully saturated rings. The van der Waals surface area contributed by atoms with E-state index in [1.807, 2.05) is 17.0 Å². The summed E-state index contributed by atoms with van der Waals surface area (Å²) < 4.78 is 5.14. The maximum absolute atomic E-state index is 12.3. The Balaban J connectivity index is 1.26. The Morgan fingerprint density at radius 2 is 1.97 bits per heavy atom. The average Bonchev–Trinajstić information content (AvgIpc) is 3.31. The number of amides is 2. The van der Waals surface area contributed by atoms with Crippen LogP contribution < -0.4 is 5.43 Å². The number of hydrazone groups is 1. The third-order valence-corrected chi connectivity index (χ3v) is 7.90. The monoisotopic (exact) mass is 425 g/mol. The van der Waals surface area contributed by atoms with Crippen LogP contribution in [-0.2, 0) is 20.9 Å². The number of hydrogen-bond donors (Lipinski definition) is 1. The van der Waals surface area contributed by atoms with Crippen LogP contribution in [0.25, 0.3) is 0 Å². The molecule has 1 N–H and O–H groups in total. The molecule has 2 aliphatic carbocycles. The molecule has 4 rings (SSSR count). The second-order valence-electron chi connectivity index (χ2n) is 9.78. The van der Waals surface area contributed by atoms with Crippen LogP contribution in [0.2, 0.25) is 0 Å². The van der Waals surface area contributed by atoms with Crippen LogP contribution in [-0.4, -0.2) is 41.5 Å². The molecule has 2 amide bonds. The van der Waals surface area contributed by atoms with Crippen LogP contribution >= 0.6 is 0 Å². The smallest absolute Gasteiger partial charge is 0.338 e. The zero-order valence-corrected chi connectivity index (χ0v) is 18.6. The minimum Gasteiger partial charge on any atom is -0.452 e. The van der Waals surface area contributed by atoms with Gasteiger partial charge in [-0.25, -0.2) is 10.2 Å². The second-order valence-corrected chi connectivity index (χ2v) is 9.78. The molecule has 1 aromatic carbocycles. The molecule has 0 aromatic heterocycles. The molecule has 7 nitrogen and oxygen atoms in total. The highest BCUT2D eigenvalue weighted by Crippen LogP contribution is 2.63. The summed E-state index contributed by atoms with van der Waals surface area (Å²) in [6.45, 7) is 7.75. The minimum atomic E-state index is -0.556. The van der Waals surface area contributed by atoms with Gasteiger partial charge in [-0.05, 0) is 54.7 Å². The number of benzene rings is 1. The molecule has 2 atom stereocenters. The van der Waals surface area contributed by atoms with Crippen LogP contribution in [0.3, 0.4) is 0 Å². The maximum Gasteiger partial charge on any atom is 0.338 e. The lowest BCUT2D eigenvalue weighted by Crippen LogP contribution is -2.34. The molecule has 1 aliphatic heterocycles. The van der Waals surface area contributed by atoms with Crippen LogP contribution in [0.5, 0.6) is 0 Å². The standard InChI is InChI=1S/C24H31N3O4/c1-23(2)18-10-11-24(23,3)19(13-18)25-26-20(28)15-31-22(30)17-8-6-16(7-9-17)14-27-12-4-5-21(27)29/h6-9,18H,4-5,10-15H2,1-3H3,(H,26,28)/b25-19-. The number of fused-ring (bicyclic) bond motifs is 2. The first kappa shape index (κ1) is 21.5. The molecular formula is C24H31N3O4. The Morgan fingerprint density at radius 3 is 2.55 bits per heavy atom. The molecule has 1 aromatic rings. The van der Waals surface area contributed by atoms with E-state index in [-0.39, 0.29) is 23.3 Å². The van der Waals surface area contributed by atoms with Gasteiger partial charge in [0, 0.05) is 30.6 Å². The zero-order chi connectivity index (χ0) is 22.2. The fraction of sp³-hybridized carbons (Fsp3) is 0.583. The van der Waals surface area contributed by atoms with Crippen molar-refractivity contribution in [2.24, 2.45) is 21.8 Å². The Morgan fingerprint density at radius 1 is 1.23 bits per heavy atom. The van der Waals surface area contributed by atoms with Gasteiger partial charge in [0.15, 0.2) is 6.61 Å². The van der Waals surface area contributed by atoms with E-state index >= 15 is 0 Å². The molecule has 2 saturated carbocycles. The van der Waals surface area contributed by atoms with Gasteiger partial charge in [-0.2, -0.15) is 5.10 Å². The number of hydrogen-bond acceptors (Lipinski definition) is 5. The summed E-state index contributed by atoms with van der Waals surface area (Å²) in [6, 6.07) is 6.95. The van der Waals surface area contributed by atoms with Crippen LogP contribution in [0.15, 0.2) is 29.4 Å². The first-order chi connectivity index (χ1) is 14.7. The number of esters is 1. The first-order valence-electron chi connectivity index (χ1n) is 11.1. The summed E-state index contributed by atoms with van der Waals surface area (Å²) in [5, 5.41) is 4.38. The van der Waals surface area contributed by atoms with Crippen molar-refractivity contribution in [3.63, 3.8) is 0 Å². The van der Waals surface area contributed by atoms with Gasteiger partial charge in [0.2, 0.25) is 5.91 Å². The van der Waals surface area contributed by atoms with E-state index in [0.29, 0.717) is 24.4 Å². The lowest BCUT2D eigenvalue weighted by atomic mass is 9.70. The van der Waals surface area contributed by atoms with Gasteiger partial charge in [-0.1, -0.05) is 32.9 Å². The van der Waals surface area contributed by atoms with Crippen molar-refractivity contribution >= 4 is 23.5 Å². The molecule has 1 heterocycles. The van der Waals surface area contributed by atoms with E-state index in [1.54, 1.807) is 12.1 Å². The molecular weight excluding hydrogens is 394 g/mol. The number of likely N-dealkylation sites (tertiary alicyclic amines) is 1. The van der Waals surface area contributed by atoms with Gasteiger partial charge in [0.05, 0.1) is 5.56 Å². The summed E-state index contributed by atoms with van der Waals surface area (Å²) in [5.41, 5.74) is 5.15. The average molecular weight is 426 g/mol. The molecule has 3 aliphatic rings. The summed E-state index contributed by atoms with van der Waals surface area (Å²) in [6.07, 6.45) is 4.72. The third kappa shape index (κ3) is 3.98. The molecule has 166 valence electrons. The number of rotatable bonds is 6. The fourth-order valence-corrected chi connectivity index (χ4v) is 5.31. The van der Waals surface area contributed by atoms with Crippen molar-refractivity contribution < 1.29 is 19.1 Å². The van der Waals surface area contributed by atoms with E-state index in [2.05, 4.69) is 31.3 Å². The third-order valence-electron chi connectivity index (χ3n) is 7.90. The van der Waals surface area contributed by atoms with E-state index < -0.39 is 11.9 Å². The van der Waals surface area contributed by atoms with Crippen molar-refractivity contribution in [3.8, 4) is 0 Å². The Labute approximate surface area is 183 Å². The van der Waals surface area contributed by atoms with E-state index in [4.69, 9.17) is 4.74 Å². The predicted molar refractivity (Wildman–Crippen MR) is 116 cm³/mol. The topological polar surface area (TPSA) is 88.1 Å². The predicted octanol–water partition coefficient (Wildman–Crippen LogP) is 3.28. The largest absolute Gasteiger partial charge is 0.452 e. The number of nitrogens with one attached hydrogen (secondary N) is 1. The first-order valence-corrected chi connectivity index (χ1v) is 11.1. The molecule has 31 heavy (non-hydrogen) atoms. The Bertz CT molecular complexity index is 921. The molecule has 0 radical (unpaired) electrons. The van der Waals surface area contributed by atoms with Crippen molar-refractivity contribution in [1.29, 1.82) is 0 Å². The quantitative estimate of drug-likeness (QED) is 0.560. The van der Waals surface area contributed by atoms with Gasteiger partial charge < -0.3 is 9.64 Å². The highest BCUT2D eigenvalue weighted by Gasteiger charge is 2.60. The summed E-state index contributed by atoms with van der Waals surface area (Å²) in [7, 11) is 0. The highest BCUT2D eigenvalue weighted by molar-refractivity contribution is 5.95. The van der Waals surface area contributed by atoms with Gasteiger partial charge in [-0.15, -0.1) is 0 Å². The van der Waals surface area contributed by atoms with Crippen molar-refractivity contribution in [2.45, 2.75) is 59.4 Å². The van der Waals surface area contributed by atoms with Crippen molar-refractivity contribution in [2.75, 3.05) is 13.2 Å². The van der Waals surface area contributed by atoms with Crippen LogP contribution in [0.4, 0.5) is 0 Å². The van der Waals surface area contributed by atoms with E-state index in [0.717, 1.165) is 37.1 Å². The maximum atomic E-state index is 12.3. The minimum absolute atomic E-state index is 0.0169. The molecule has 1 saturated heterocycles. The van der Waals surface area contributed by atoms with Crippen molar-refractivity contribution in [3.05, 3.63) is 35.4 Å². The summed E-state index contributed by atoms with van der Waals surface area (Å²) in [4.78, 5) is 38.0. The highest BCUT2D eigenvalue weighted by atomic mass is 16.5. The van der Waals surface area contributed by atoms with Crippen LogP contribution in [0, 0.1) is 16.7 Å². The van der Waals surface area contributed by atoms with Crippen LogP contribution in [0.1, 0.15) is 68.8 Å². The molecule has 7 heteroatoms. The van der Waals surface area contributed by atoms with E-state index in [1.165, 1.54) is 6.42 Å². The molecule has 0 spiro atoms. The van der Waals surface area contributed by atoms with E-state index in [9.17, 15) is 14.4 Å². The number of carbonyl (C=O) groups is 3. The Hall–Kier alpha value is -2.70. The lowest BCUT2D eigenvalue weighted by Gasteiger charge is -2.34. The molecule has 2 bridgehead atoms. The summed E-state index contributed by atoms with van der Waals surface area (Å²) in [5.74, 6) is -0.215. The zero-order valence-electron chi connectivity index (χ0n) is 18.6. The van der Waals surface area contributed by atoms with Crippen molar-refractivity contribution in [1.82, 2.24) is 10.3 Å².